The van der Waals surface area contributed by atoms with Crippen LogP contribution in [0.3, 0.4) is 0 Å². The average Bonchev–Trinajstić information content (AvgIpc) is 1.89. The van der Waals surface area contributed by atoms with Crippen LogP contribution in [0.1, 0.15) is 0 Å². The highest BCUT2D eigenvalue weighted by molar-refractivity contribution is 6.18. The number of hydrogen-bond donors (Lipinski definition) is 2. The number of oxime groups is 1. The van der Waals surface area contributed by atoms with Crippen LogP contribution in [0.15, 0.2) is 15.1 Å². The van der Waals surface area contributed by atoms with Crippen LogP contribution in [0.5, 0.6) is 0 Å². The van der Waals surface area contributed by atoms with Gasteiger partial charge in [0.05, 0.1) is 0 Å². The highest BCUT2D eigenvalue weighted by Crippen LogP contribution is 1.63. The molecule has 0 aliphatic heterocycles. The molecule has 0 aliphatic rings. The minimum Gasteiger partial charge on any atom is -0.408 e. The molecule has 5 heteroatoms. The predicted octanol–water partition coefficient (Wildman–Crippen LogP) is -0.538. The molecule has 0 atom stereocenters. The topological polar surface area (TPSA) is 83.3 Å². The molecule has 0 fully saturated rings. The van der Waals surface area contributed by atoms with Crippen molar-refractivity contribution in [1.29, 1.82) is 0 Å². The molecule has 0 radical (unpaired) electrons. The van der Waals surface area contributed by atoms with E-state index in [4.69, 9.17) is 10.9 Å². The van der Waals surface area contributed by atoms with Crippen molar-refractivity contribution in [3.05, 3.63) is 0 Å². The van der Waals surface area contributed by atoms with E-state index in [0.717, 1.165) is 0 Å². The van der Waals surface area contributed by atoms with E-state index in [2.05, 4.69) is 15.1 Å². The number of nitrogens with zero attached hydrogens (tertiary/aromatic N) is 3. The molecule has 0 aromatic heterocycles. The standard InChI is InChI=1S/C4H8N4O/c1-6-2-3-7-4(5)8-9/h2-3,9H,1H3,(H2,5,8)/b6-2-,7-3-. The van der Waals surface area contributed by atoms with E-state index in [1.165, 1.54) is 12.4 Å². The molecular formula is C4H8N4O. The highest BCUT2D eigenvalue weighted by atomic mass is 16.4. The van der Waals surface area contributed by atoms with Crippen molar-refractivity contribution >= 4 is 18.4 Å². The maximum absolute atomic E-state index is 7.94. The summed E-state index contributed by atoms with van der Waals surface area (Å²) in [4.78, 5) is 7.01. The molecule has 0 aliphatic carbocycles. The fraction of sp³-hybridized carbons (Fsp3) is 0.250. The first-order valence-electron chi connectivity index (χ1n) is 2.23. The van der Waals surface area contributed by atoms with Crippen LogP contribution in [-0.4, -0.2) is 30.6 Å². The summed E-state index contributed by atoms with van der Waals surface area (Å²) in [5, 5.41) is 10.5. The van der Waals surface area contributed by atoms with E-state index in [1.807, 2.05) is 0 Å². The quantitative estimate of drug-likeness (QED) is 0.215. The van der Waals surface area contributed by atoms with E-state index in [-0.39, 0.29) is 5.96 Å². The summed E-state index contributed by atoms with van der Waals surface area (Å²) < 4.78 is 0. The second-order valence-electron chi connectivity index (χ2n) is 1.14. The largest absolute Gasteiger partial charge is 0.408 e. The SMILES string of the molecule is C\N=C/C=N\C(N)=N\O. The van der Waals surface area contributed by atoms with Crippen molar-refractivity contribution < 1.29 is 5.21 Å². The Morgan fingerprint density at radius 1 is 1.56 bits per heavy atom. The van der Waals surface area contributed by atoms with E-state index >= 15 is 0 Å². The Balaban J connectivity index is 3.71. The van der Waals surface area contributed by atoms with Crippen molar-refractivity contribution in [2.75, 3.05) is 7.05 Å². The van der Waals surface area contributed by atoms with Gasteiger partial charge < -0.3 is 10.9 Å². The van der Waals surface area contributed by atoms with Gasteiger partial charge >= 0.3 is 0 Å². The number of guanidine groups is 1. The van der Waals surface area contributed by atoms with Crippen LogP contribution >= 0.6 is 0 Å². The molecule has 5 nitrogen and oxygen atoms in total. The van der Waals surface area contributed by atoms with E-state index < -0.39 is 0 Å². The van der Waals surface area contributed by atoms with Crippen LogP contribution < -0.4 is 5.73 Å². The molecule has 0 heterocycles. The zero-order chi connectivity index (χ0) is 7.11. The Labute approximate surface area is 52.6 Å². The van der Waals surface area contributed by atoms with Crippen molar-refractivity contribution in [2.24, 2.45) is 20.9 Å². The lowest BCUT2D eigenvalue weighted by atomic mass is 10.8. The fourth-order valence-electron chi connectivity index (χ4n) is 0.202. The lowest BCUT2D eigenvalue weighted by Gasteiger charge is -1.80. The Morgan fingerprint density at radius 3 is 2.67 bits per heavy atom. The molecule has 0 rings (SSSR count). The van der Waals surface area contributed by atoms with Crippen LogP contribution in [0.2, 0.25) is 0 Å². The second kappa shape index (κ2) is 4.76. The van der Waals surface area contributed by atoms with Gasteiger partial charge in [0.25, 0.3) is 5.96 Å². The molecule has 0 unspecified atom stereocenters. The summed E-state index contributed by atoms with van der Waals surface area (Å²) in [6, 6.07) is 0. The zero-order valence-electron chi connectivity index (χ0n) is 5.02. The van der Waals surface area contributed by atoms with E-state index in [1.54, 1.807) is 7.05 Å². The van der Waals surface area contributed by atoms with Gasteiger partial charge in [-0.1, -0.05) is 0 Å². The van der Waals surface area contributed by atoms with Gasteiger partial charge in [0.15, 0.2) is 0 Å². The van der Waals surface area contributed by atoms with Crippen molar-refractivity contribution in [1.82, 2.24) is 0 Å². The first kappa shape index (κ1) is 7.61. The number of rotatable bonds is 1. The number of aliphatic imine (C=N–C) groups is 2. The van der Waals surface area contributed by atoms with Crippen LogP contribution in [0.25, 0.3) is 0 Å². The Hall–Kier alpha value is -1.39. The second-order valence-corrected chi connectivity index (χ2v) is 1.14. The minimum atomic E-state index is -0.185. The first-order chi connectivity index (χ1) is 4.31. The molecule has 0 spiro atoms. The molecule has 0 saturated carbocycles. The maximum atomic E-state index is 7.94. The first-order valence-corrected chi connectivity index (χ1v) is 2.23. The molecule has 0 bridgehead atoms. The summed E-state index contributed by atoms with van der Waals surface area (Å²) in [6.07, 6.45) is 2.76. The van der Waals surface area contributed by atoms with Gasteiger partial charge in [-0.05, 0) is 5.16 Å². The summed E-state index contributed by atoms with van der Waals surface area (Å²) in [5.74, 6) is -0.185. The van der Waals surface area contributed by atoms with Crippen molar-refractivity contribution in [3.8, 4) is 0 Å². The maximum Gasteiger partial charge on any atom is 0.256 e. The third-order valence-electron chi connectivity index (χ3n) is 0.525. The molecule has 50 valence electrons. The van der Waals surface area contributed by atoms with Crippen molar-refractivity contribution in [2.45, 2.75) is 0 Å². The predicted molar refractivity (Wildman–Crippen MR) is 36.3 cm³/mol. The summed E-state index contributed by atoms with van der Waals surface area (Å²) in [6.45, 7) is 0. The Morgan fingerprint density at radius 2 is 2.22 bits per heavy atom. The van der Waals surface area contributed by atoms with Crippen LogP contribution in [0.4, 0.5) is 0 Å². The van der Waals surface area contributed by atoms with Crippen LogP contribution in [0, 0.1) is 0 Å². The Kier molecular flexibility index (Phi) is 4.03. The summed E-state index contributed by atoms with van der Waals surface area (Å²) in [5.41, 5.74) is 4.95. The molecule has 0 aromatic carbocycles. The van der Waals surface area contributed by atoms with Gasteiger partial charge in [-0.15, -0.1) is 0 Å². The Bertz CT molecular complexity index is 149. The molecular weight excluding hydrogens is 120 g/mol. The minimum absolute atomic E-state index is 0.185. The summed E-state index contributed by atoms with van der Waals surface area (Å²) >= 11 is 0. The lowest BCUT2D eigenvalue weighted by molar-refractivity contribution is 0.317. The molecule has 9 heavy (non-hydrogen) atoms. The van der Waals surface area contributed by atoms with Gasteiger partial charge in [-0.2, -0.15) is 0 Å². The fourth-order valence-corrected chi connectivity index (χ4v) is 0.202. The normalized spacial score (nSPS) is 13.7. The molecule has 3 N–H and O–H groups in total. The van der Waals surface area contributed by atoms with Gasteiger partial charge in [-0.25, -0.2) is 4.99 Å². The smallest absolute Gasteiger partial charge is 0.256 e. The zero-order valence-corrected chi connectivity index (χ0v) is 5.02. The van der Waals surface area contributed by atoms with Gasteiger partial charge in [-0.3, -0.25) is 4.99 Å². The monoisotopic (exact) mass is 128 g/mol. The molecule has 0 amide bonds. The highest BCUT2D eigenvalue weighted by Gasteiger charge is 1.77. The third kappa shape index (κ3) is 4.46. The van der Waals surface area contributed by atoms with E-state index in [0.29, 0.717) is 0 Å². The number of hydrogen-bond acceptors (Lipinski definition) is 3. The molecule has 0 aromatic rings. The van der Waals surface area contributed by atoms with Crippen molar-refractivity contribution in [3.63, 3.8) is 0 Å². The van der Waals surface area contributed by atoms with E-state index in [9.17, 15) is 0 Å². The van der Waals surface area contributed by atoms with Gasteiger partial charge in [0.1, 0.15) is 0 Å². The van der Waals surface area contributed by atoms with Gasteiger partial charge in [0.2, 0.25) is 0 Å². The number of nitrogens with two attached hydrogens (primary N) is 1. The van der Waals surface area contributed by atoms with Gasteiger partial charge in [0, 0.05) is 19.5 Å². The van der Waals surface area contributed by atoms with Crippen LogP contribution in [-0.2, 0) is 0 Å². The third-order valence-corrected chi connectivity index (χ3v) is 0.525. The average molecular weight is 128 g/mol. The summed E-state index contributed by atoms with van der Waals surface area (Å²) in [7, 11) is 1.60. The lowest BCUT2D eigenvalue weighted by Crippen LogP contribution is -2.07. The molecule has 0 saturated heterocycles.